The van der Waals surface area contributed by atoms with Crippen molar-refractivity contribution >= 4 is 22.2 Å². The second-order valence-corrected chi connectivity index (χ2v) is 2.41. The molecule has 0 saturated carbocycles. The monoisotopic (exact) mass is 235 g/mol. The first-order valence-electron chi connectivity index (χ1n) is 3.04. The Kier molecular flexibility index (Phi) is 2.59. The fraction of sp³-hybridized carbons (Fsp3) is 0.167. The van der Waals surface area contributed by atoms with Crippen LogP contribution in [0.3, 0.4) is 0 Å². The Morgan fingerprint density at radius 2 is 2.00 bits per heavy atom. The van der Waals surface area contributed by atoms with Gasteiger partial charge < -0.3 is 14.0 Å². The summed E-state index contributed by atoms with van der Waals surface area (Å²) < 4.78 is 5.17. The Balaban J connectivity index is 2.80. The van der Waals surface area contributed by atoms with Crippen molar-refractivity contribution < 1.29 is 18.8 Å². The third kappa shape index (κ3) is 1.70. The molecule has 6 heteroatoms. The largest absolute Gasteiger partial charge is 0.494 e. The molecule has 12 heavy (non-hydrogen) atoms. The maximum atomic E-state index is 10.7. The van der Waals surface area contributed by atoms with Gasteiger partial charge in [-0.15, -0.1) is 0 Å². The van der Waals surface area contributed by atoms with E-state index < -0.39 is 5.97 Å². The molecule has 0 bridgehead atoms. The molecule has 0 radical (unpaired) electrons. The summed E-state index contributed by atoms with van der Waals surface area (Å²) in [6, 6.07) is 2.55. The normalized spacial score (nSPS) is 9.75. The minimum absolute atomic E-state index is 0.189. The predicted molar refractivity (Wildman–Crippen MR) is 42.8 cm³/mol. The van der Waals surface area contributed by atoms with E-state index in [9.17, 15) is 4.79 Å². The molecule has 1 aromatic rings. The molecular formula is C6H6BrNO4. The first-order valence-corrected chi connectivity index (χ1v) is 3.68. The Hall–Kier alpha value is -1.17. The average Bonchev–Trinajstić information content (AvgIpc) is 2.35. The van der Waals surface area contributed by atoms with E-state index in [1.54, 1.807) is 0 Å². The number of aromatic hydroxyl groups is 2. The number of rotatable bonds is 2. The van der Waals surface area contributed by atoms with Crippen molar-refractivity contribution in [3.05, 3.63) is 12.1 Å². The Morgan fingerprint density at radius 3 is 2.42 bits per heavy atom. The van der Waals surface area contributed by atoms with Crippen molar-refractivity contribution in [2.75, 3.05) is 0 Å². The standard InChI is InChI=1S/C6H6BrNO4/c7-12-6(11)3-8-4(9)1-2-5(8)10/h1-2,9-10H,3H2. The van der Waals surface area contributed by atoms with E-state index in [1.165, 1.54) is 12.1 Å². The van der Waals surface area contributed by atoms with E-state index in [1.807, 2.05) is 0 Å². The van der Waals surface area contributed by atoms with Gasteiger partial charge in [0, 0.05) is 12.1 Å². The molecule has 0 aliphatic carbocycles. The first kappa shape index (κ1) is 8.92. The summed E-state index contributed by atoms with van der Waals surface area (Å²) in [6.07, 6.45) is 0. The third-order valence-electron chi connectivity index (χ3n) is 1.31. The number of hydrogen-bond donors (Lipinski definition) is 2. The van der Waals surface area contributed by atoms with E-state index >= 15 is 0 Å². The molecule has 0 aromatic carbocycles. The Bertz CT molecular complexity index is 276. The van der Waals surface area contributed by atoms with Crippen LogP contribution in [-0.4, -0.2) is 20.7 Å². The lowest BCUT2D eigenvalue weighted by Crippen LogP contribution is -2.08. The second kappa shape index (κ2) is 3.48. The Morgan fingerprint density at radius 1 is 1.50 bits per heavy atom. The van der Waals surface area contributed by atoms with E-state index in [0.29, 0.717) is 0 Å². The van der Waals surface area contributed by atoms with Gasteiger partial charge in [0.2, 0.25) is 0 Å². The molecule has 1 aromatic heterocycles. The molecule has 0 amide bonds. The highest BCUT2D eigenvalue weighted by Crippen LogP contribution is 2.20. The van der Waals surface area contributed by atoms with Crippen LogP contribution in [0.15, 0.2) is 12.1 Å². The van der Waals surface area contributed by atoms with Crippen molar-refractivity contribution in [2.24, 2.45) is 0 Å². The van der Waals surface area contributed by atoms with Gasteiger partial charge in [0.05, 0.1) is 0 Å². The van der Waals surface area contributed by atoms with Crippen LogP contribution in [0.1, 0.15) is 0 Å². The van der Waals surface area contributed by atoms with Gasteiger partial charge in [-0.05, 0) is 0 Å². The van der Waals surface area contributed by atoms with Crippen LogP contribution in [0, 0.1) is 0 Å². The van der Waals surface area contributed by atoms with Gasteiger partial charge >= 0.3 is 5.97 Å². The summed E-state index contributed by atoms with van der Waals surface area (Å²) in [7, 11) is 0. The lowest BCUT2D eigenvalue weighted by atomic mass is 10.6. The van der Waals surface area contributed by atoms with Crippen LogP contribution in [0.4, 0.5) is 0 Å². The molecule has 2 N–H and O–H groups in total. The minimum atomic E-state index is -0.614. The topological polar surface area (TPSA) is 71.7 Å². The maximum absolute atomic E-state index is 10.7. The van der Waals surface area contributed by atoms with Gasteiger partial charge in [-0.25, -0.2) is 4.79 Å². The lowest BCUT2D eigenvalue weighted by Gasteiger charge is -2.02. The molecule has 1 rings (SSSR count). The van der Waals surface area contributed by atoms with E-state index in [4.69, 9.17) is 10.2 Å². The maximum Gasteiger partial charge on any atom is 0.337 e. The van der Waals surface area contributed by atoms with Gasteiger partial charge in [0.1, 0.15) is 6.54 Å². The van der Waals surface area contributed by atoms with Gasteiger partial charge in [-0.3, -0.25) is 4.57 Å². The average molecular weight is 236 g/mol. The SMILES string of the molecule is O=C(Cn1c(O)ccc1O)OBr. The molecule has 0 aliphatic heterocycles. The van der Waals surface area contributed by atoms with Crippen LogP contribution in [-0.2, 0) is 15.2 Å². The van der Waals surface area contributed by atoms with Crippen LogP contribution in [0.2, 0.25) is 0 Å². The van der Waals surface area contributed by atoms with Crippen LogP contribution in [0.5, 0.6) is 11.8 Å². The number of carbonyl (C=O) groups excluding carboxylic acids is 1. The molecular weight excluding hydrogens is 230 g/mol. The molecule has 0 unspecified atom stereocenters. The van der Waals surface area contributed by atoms with Crippen molar-refractivity contribution in [1.29, 1.82) is 0 Å². The van der Waals surface area contributed by atoms with Crippen LogP contribution in [0.25, 0.3) is 0 Å². The number of aromatic nitrogens is 1. The fourth-order valence-electron chi connectivity index (χ4n) is 0.762. The molecule has 0 atom stereocenters. The highest BCUT2D eigenvalue weighted by atomic mass is 79.9. The summed E-state index contributed by atoms with van der Waals surface area (Å²) >= 11 is 2.48. The van der Waals surface area contributed by atoms with Gasteiger partial charge in [0.25, 0.3) is 0 Å². The molecule has 0 spiro atoms. The van der Waals surface area contributed by atoms with Crippen molar-refractivity contribution in [2.45, 2.75) is 6.54 Å². The zero-order valence-electron chi connectivity index (χ0n) is 5.90. The zero-order valence-corrected chi connectivity index (χ0v) is 7.48. The number of nitrogens with zero attached hydrogens (tertiary/aromatic N) is 1. The van der Waals surface area contributed by atoms with Crippen LogP contribution >= 0.6 is 16.3 Å². The van der Waals surface area contributed by atoms with Crippen LogP contribution < -0.4 is 0 Å². The number of hydrogen-bond acceptors (Lipinski definition) is 4. The first-order chi connectivity index (χ1) is 5.65. The number of carbonyl (C=O) groups is 1. The number of halogens is 1. The summed E-state index contributed by atoms with van der Waals surface area (Å²) in [6.45, 7) is -0.240. The quantitative estimate of drug-likeness (QED) is 0.794. The highest BCUT2D eigenvalue weighted by Gasteiger charge is 2.10. The Labute approximate surface area is 76.6 Å². The smallest absolute Gasteiger partial charge is 0.337 e. The van der Waals surface area contributed by atoms with Crippen molar-refractivity contribution in [3.63, 3.8) is 0 Å². The van der Waals surface area contributed by atoms with Gasteiger partial charge in [-0.1, -0.05) is 0 Å². The van der Waals surface area contributed by atoms with E-state index in [-0.39, 0.29) is 18.3 Å². The minimum Gasteiger partial charge on any atom is -0.494 e. The second-order valence-electron chi connectivity index (χ2n) is 2.09. The third-order valence-corrected chi connectivity index (χ3v) is 1.67. The molecule has 0 saturated heterocycles. The summed E-state index contributed by atoms with van der Waals surface area (Å²) in [5, 5.41) is 18.1. The highest BCUT2D eigenvalue weighted by molar-refractivity contribution is 9.06. The van der Waals surface area contributed by atoms with Crippen molar-refractivity contribution in [3.8, 4) is 11.8 Å². The molecule has 1 heterocycles. The lowest BCUT2D eigenvalue weighted by molar-refractivity contribution is -0.133. The molecule has 0 fully saturated rings. The summed E-state index contributed by atoms with van der Waals surface area (Å²) in [4.78, 5) is 10.7. The zero-order chi connectivity index (χ0) is 9.14. The predicted octanol–water partition coefficient (Wildman–Crippen LogP) is 0.752. The molecule has 0 aliphatic rings. The molecule has 66 valence electrons. The van der Waals surface area contributed by atoms with Gasteiger partial charge in [0.15, 0.2) is 28.0 Å². The van der Waals surface area contributed by atoms with Gasteiger partial charge in [-0.2, -0.15) is 0 Å². The van der Waals surface area contributed by atoms with Crippen molar-refractivity contribution in [1.82, 2.24) is 4.57 Å². The van der Waals surface area contributed by atoms with E-state index in [2.05, 4.69) is 20.1 Å². The summed E-state index contributed by atoms with van der Waals surface area (Å²) in [5.74, 6) is -0.993. The fourth-order valence-corrected chi connectivity index (χ4v) is 0.864. The molecule has 5 nitrogen and oxygen atoms in total. The van der Waals surface area contributed by atoms with E-state index in [0.717, 1.165) is 4.57 Å². The summed E-state index contributed by atoms with van der Waals surface area (Å²) in [5.41, 5.74) is 0.